The third-order valence-electron chi connectivity index (χ3n) is 3.82. The Bertz CT molecular complexity index is 442. The van der Waals surface area contributed by atoms with Gasteiger partial charge in [-0.3, -0.25) is 0 Å². The van der Waals surface area contributed by atoms with E-state index in [1.54, 1.807) is 0 Å². The van der Waals surface area contributed by atoms with Crippen molar-refractivity contribution in [3.8, 4) is 0 Å². The second-order valence-corrected chi connectivity index (χ2v) is 5.65. The van der Waals surface area contributed by atoms with E-state index >= 15 is 0 Å². The molecule has 2 unspecified atom stereocenters. The van der Waals surface area contributed by atoms with Crippen molar-refractivity contribution < 1.29 is 14.2 Å². The lowest BCUT2D eigenvalue weighted by atomic mass is 10.2. The van der Waals surface area contributed by atoms with E-state index in [1.165, 1.54) is 0 Å². The van der Waals surface area contributed by atoms with E-state index in [2.05, 4.69) is 43.0 Å². The number of para-hydroxylation sites is 1. The lowest BCUT2D eigenvalue weighted by molar-refractivity contribution is -0.182. The molecule has 1 aromatic rings. The lowest BCUT2D eigenvalue weighted by Crippen LogP contribution is -2.52. The fourth-order valence-electron chi connectivity index (χ4n) is 2.46. The number of benzene rings is 1. The van der Waals surface area contributed by atoms with Gasteiger partial charge in [-0.05, 0) is 25.0 Å². The first kappa shape index (κ1) is 20.4. The molecule has 1 aromatic carbocycles. The Labute approximate surface area is 145 Å². The molecule has 1 aliphatic heterocycles. The minimum Gasteiger partial charge on any atom is -0.356 e. The Morgan fingerprint density at radius 2 is 1.67 bits per heavy atom. The summed E-state index contributed by atoms with van der Waals surface area (Å²) in [6, 6.07) is 10.4. The van der Waals surface area contributed by atoms with Crippen molar-refractivity contribution >= 4 is 5.69 Å². The Morgan fingerprint density at radius 3 is 2.29 bits per heavy atom. The summed E-state index contributed by atoms with van der Waals surface area (Å²) in [7, 11) is 0. The molecule has 6 nitrogen and oxygen atoms in total. The number of rotatable bonds is 9. The van der Waals surface area contributed by atoms with Crippen LogP contribution in [0.4, 0.5) is 5.69 Å². The van der Waals surface area contributed by atoms with Crippen LogP contribution in [-0.2, 0) is 14.2 Å². The molecule has 1 heterocycles. The predicted octanol–water partition coefficient (Wildman–Crippen LogP) is 3.84. The standard InChI is InChI=1S/C18H29NO3.N2/c1-3-5-12-20-17-15-22-18(21-13-6-4-2)14-19(17)16-10-8-7-9-11-16;1-2/h7-11,17-18H,3-6,12-15H2,1-2H3;. The highest BCUT2D eigenvalue weighted by molar-refractivity contribution is 5.47. The molecule has 0 aliphatic carbocycles. The van der Waals surface area contributed by atoms with E-state index in [0.717, 1.165) is 44.6 Å². The predicted molar refractivity (Wildman–Crippen MR) is 92.5 cm³/mol. The molecule has 1 saturated heterocycles. The first-order valence-corrected chi connectivity index (χ1v) is 8.71. The van der Waals surface area contributed by atoms with Gasteiger partial charge in [0.05, 0.1) is 13.2 Å². The van der Waals surface area contributed by atoms with Crippen molar-refractivity contribution in [2.45, 2.75) is 52.0 Å². The highest BCUT2D eigenvalue weighted by Gasteiger charge is 2.30. The molecule has 0 aromatic heterocycles. The Kier molecular flexibility index (Phi) is 10.8. The smallest absolute Gasteiger partial charge is 0.175 e. The van der Waals surface area contributed by atoms with E-state index < -0.39 is 0 Å². The molecule has 0 N–H and O–H groups in total. The van der Waals surface area contributed by atoms with Gasteiger partial charge in [0.15, 0.2) is 12.5 Å². The van der Waals surface area contributed by atoms with Gasteiger partial charge in [-0.15, -0.1) is 0 Å². The number of ether oxygens (including phenoxy) is 3. The number of hydrogen-bond acceptors (Lipinski definition) is 6. The lowest BCUT2D eigenvalue weighted by Gasteiger charge is -2.40. The van der Waals surface area contributed by atoms with Gasteiger partial charge in [0, 0.05) is 29.7 Å². The Balaban J connectivity index is 0.00000139. The topological polar surface area (TPSA) is 78.5 Å². The fraction of sp³-hybridized carbons (Fsp3) is 0.667. The normalized spacial score (nSPS) is 20.2. The second kappa shape index (κ2) is 12.7. The van der Waals surface area contributed by atoms with Gasteiger partial charge in [-0.1, -0.05) is 44.9 Å². The van der Waals surface area contributed by atoms with Crippen molar-refractivity contribution in [3.63, 3.8) is 0 Å². The summed E-state index contributed by atoms with van der Waals surface area (Å²) in [6.07, 6.45) is 4.23. The second-order valence-electron chi connectivity index (χ2n) is 5.65. The fourth-order valence-corrected chi connectivity index (χ4v) is 2.46. The minimum absolute atomic E-state index is 0.0278. The SMILES string of the molecule is CCCCOC1CN(c2ccccc2)C(OCCCC)CO1.N#N. The molecule has 6 heteroatoms. The third-order valence-corrected chi connectivity index (χ3v) is 3.82. The van der Waals surface area contributed by atoms with Gasteiger partial charge in [-0.2, -0.15) is 0 Å². The zero-order valence-corrected chi connectivity index (χ0v) is 14.8. The summed E-state index contributed by atoms with van der Waals surface area (Å²) in [5.74, 6) is 0. The van der Waals surface area contributed by atoms with Crippen LogP contribution in [0, 0.1) is 10.8 Å². The Hall–Kier alpha value is -1.68. The van der Waals surface area contributed by atoms with Crippen LogP contribution in [0.5, 0.6) is 0 Å². The first-order valence-electron chi connectivity index (χ1n) is 8.71. The molecule has 0 amide bonds. The van der Waals surface area contributed by atoms with Crippen molar-refractivity contribution in [2.75, 3.05) is 31.3 Å². The molecular formula is C18H29N3O3. The van der Waals surface area contributed by atoms with E-state index in [-0.39, 0.29) is 12.5 Å². The molecule has 0 radical (unpaired) electrons. The quantitative estimate of drug-likeness (QED) is 0.504. The van der Waals surface area contributed by atoms with Crippen LogP contribution in [0.3, 0.4) is 0 Å². The zero-order valence-electron chi connectivity index (χ0n) is 14.8. The molecule has 0 saturated carbocycles. The number of hydrogen-bond donors (Lipinski definition) is 0. The molecule has 134 valence electrons. The van der Waals surface area contributed by atoms with Crippen LogP contribution in [0.15, 0.2) is 30.3 Å². The molecule has 0 spiro atoms. The maximum atomic E-state index is 6.01. The van der Waals surface area contributed by atoms with Gasteiger partial charge in [0.2, 0.25) is 0 Å². The van der Waals surface area contributed by atoms with Crippen molar-refractivity contribution in [2.24, 2.45) is 0 Å². The summed E-state index contributed by atoms with van der Waals surface area (Å²) in [5, 5.41) is 12.0. The van der Waals surface area contributed by atoms with Crippen LogP contribution in [0.25, 0.3) is 0 Å². The maximum absolute atomic E-state index is 6.01. The van der Waals surface area contributed by atoms with Crippen molar-refractivity contribution in [3.05, 3.63) is 30.3 Å². The number of nitrogens with zero attached hydrogens (tertiary/aromatic N) is 3. The van der Waals surface area contributed by atoms with E-state index in [9.17, 15) is 0 Å². The number of unbranched alkanes of at least 4 members (excludes halogenated alkanes) is 2. The molecule has 2 rings (SSSR count). The molecule has 0 bridgehead atoms. The number of morpholine rings is 1. The van der Waals surface area contributed by atoms with E-state index in [0.29, 0.717) is 13.2 Å². The minimum atomic E-state index is -0.169. The largest absolute Gasteiger partial charge is 0.356 e. The molecular weight excluding hydrogens is 306 g/mol. The highest BCUT2D eigenvalue weighted by Crippen LogP contribution is 2.23. The average molecular weight is 335 g/mol. The zero-order chi connectivity index (χ0) is 17.6. The summed E-state index contributed by atoms with van der Waals surface area (Å²) in [5.41, 5.74) is 1.16. The third kappa shape index (κ3) is 6.83. The van der Waals surface area contributed by atoms with Crippen molar-refractivity contribution in [1.82, 2.24) is 0 Å². The maximum Gasteiger partial charge on any atom is 0.175 e. The Morgan fingerprint density at radius 1 is 1.04 bits per heavy atom. The summed E-state index contributed by atoms with van der Waals surface area (Å²) in [6.45, 7) is 7.13. The number of anilines is 1. The average Bonchev–Trinajstić information content (AvgIpc) is 2.65. The van der Waals surface area contributed by atoms with Crippen LogP contribution >= 0.6 is 0 Å². The van der Waals surface area contributed by atoms with Gasteiger partial charge >= 0.3 is 0 Å². The summed E-state index contributed by atoms with van der Waals surface area (Å²) >= 11 is 0. The van der Waals surface area contributed by atoms with Gasteiger partial charge in [-0.25, -0.2) is 0 Å². The van der Waals surface area contributed by atoms with Gasteiger partial charge in [0.1, 0.15) is 0 Å². The summed E-state index contributed by atoms with van der Waals surface area (Å²) < 4.78 is 17.7. The monoisotopic (exact) mass is 335 g/mol. The molecule has 2 atom stereocenters. The van der Waals surface area contributed by atoms with Gasteiger partial charge < -0.3 is 19.1 Å². The first-order chi connectivity index (χ1) is 11.8. The van der Waals surface area contributed by atoms with Crippen LogP contribution in [0.1, 0.15) is 39.5 Å². The molecule has 1 fully saturated rings. The van der Waals surface area contributed by atoms with Crippen LogP contribution in [0.2, 0.25) is 0 Å². The van der Waals surface area contributed by atoms with Crippen LogP contribution in [-0.4, -0.2) is 38.9 Å². The molecule has 1 aliphatic rings. The van der Waals surface area contributed by atoms with E-state index in [1.807, 2.05) is 6.07 Å². The molecule has 24 heavy (non-hydrogen) atoms. The van der Waals surface area contributed by atoms with Crippen molar-refractivity contribution in [1.29, 1.82) is 10.8 Å². The van der Waals surface area contributed by atoms with Gasteiger partial charge in [0.25, 0.3) is 0 Å². The highest BCUT2D eigenvalue weighted by atomic mass is 16.7. The van der Waals surface area contributed by atoms with Crippen LogP contribution < -0.4 is 4.90 Å². The van der Waals surface area contributed by atoms with E-state index in [4.69, 9.17) is 25.0 Å². The summed E-state index contributed by atoms with van der Waals surface area (Å²) in [4.78, 5) is 2.26.